The van der Waals surface area contributed by atoms with E-state index >= 15 is 0 Å². The quantitative estimate of drug-likeness (QED) is 0.826. The molecular formula is C13H19N3O2. The maximum Gasteiger partial charge on any atom is 0.306 e. The van der Waals surface area contributed by atoms with E-state index in [9.17, 15) is 4.79 Å². The van der Waals surface area contributed by atoms with Crippen molar-refractivity contribution in [2.45, 2.75) is 32.2 Å². The lowest BCUT2D eigenvalue weighted by Crippen LogP contribution is -2.28. The van der Waals surface area contributed by atoms with Gasteiger partial charge < -0.3 is 10.4 Å². The summed E-state index contributed by atoms with van der Waals surface area (Å²) in [7, 11) is 0. The van der Waals surface area contributed by atoms with Crippen LogP contribution < -0.4 is 5.32 Å². The van der Waals surface area contributed by atoms with E-state index < -0.39 is 5.97 Å². The van der Waals surface area contributed by atoms with Crippen LogP contribution in [0.5, 0.6) is 0 Å². The van der Waals surface area contributed by atoms with Gasteiger partial charge in [-0.1, -0.05) is 0 Å². The van der Waals surface area contributed by atoms with E-state index in [0.717, 1.165) is 38.1 Å². The molecule has 1 aromatic rings. The Morgan fingerprint density at radius 1 is 1.28 bits per heavy atom. The minimum absolute atomic E-state index is 0.126. The number of carbonyl (C=O) groups is 1. The fourth-order valence-corrected chi connectivity index (χ4v) is 2.42. The van der Waals surface area contributed by atoms with Crippen LogP contribution in [0.15, 0.2) is 18.5 Å². The van der Waals surface area contributed by atoms with Crippen molar-refractivity contribution in [3.63, 3.8) is 0 Å². The third-order valence-corrected chi connectivity index (χ3v) is 3.53. The Kier molecular flexibility index (Phi) is 4.64. The van der Waals surface area contributed by atoms with Crippen LogP contribution in [0, 0.1) is 11.8 Å². The summed E-state index contributed by atoms with van der Waals surface area (Å²) >= 11 is 0. The summed E-state index contributed by atoms with van der Waals surface area (Å²) in [5.41, 5.74) is 0. The number of aromatic nitrogens is 2. The van der Waals surface area contributed by atoms with Gasteiger partial charge in [0, 0.05) is 12.4 Å². The number of carboxylic acids is 1. The van der Waals surface area contributed by atoms with Crippen molar-refractivity contribution < 1.29 is 9.90 Å². The molecule has 1 fully saturated rings. The molecule has 1 heterocycles. The van der Waals surface area contributed by atoms with Gasteiger partial charge in [0.05, 0.1) is 12.5 Å². The summed E-state index contributed by atoms with van der Waals surface area (Å²) in [5, 5.41) is 12.3. The Labute approximate surface area is 107 Å². The van der Waals surface area contributed by atoms with Crippen LogP contribution in [0.3, 0.4) is 0 Å². The Balaban J connectivity index is 1.65. The minimum atomic E-state index is -0.640. The van der Waals surface area contributed by atoms with Gasteiger partial charge in [0.25, 0.3) is 0 Å². The molecule has 1 saturated carbocycles. The van der Waals surface area contributed by atoms with Crippen molar-refractivity contribution in [2.75, 3.05) is 6.54 Å². The summed E-state index contributed by atoms with van der Waals surface area (Å²) in [5.74, 6) is 0.624. The van der Waals surface area contributed by atoms with E-state index in [2.05, 4.69) is 15.3 Å². The fraction of sp³-hybridized carbons (Fsp3) is 0.615. The van der Waals surface area contributed by atoms with Crippen molar-refractivity contribution in [3.8, 4) is 0 Å². The first-order valence-electron chi connectivity index (χ1n) is 6.45. The highest BCUT2D eigenvalue weighted by atomic mass is 16.4. The van der Waals surface area contributed by atoms with Gasteiger partial charge in [-0.25, -0.2) is 9.97 Å². The molecule has 98 valence electrons. The number of carboxylic acid groups (broad SMARTS) is 1. The molecule has 0 spiro atoms. The summed E-state index contributed by atoms with van der Waals surface area (Å²) in [6.45, 7) is 1.60. The zero-order chi connectivity index (χ0) is 12.8. The lowest BCUT2D eigenvalue weighted by atomic mass is 9.82. The first-order valence-corrected chi connectivity index (χ1v) is 6.45. The number of nitrogens with one attached hydrogen (secondary N) is 1. The van der Waals surface area contributed by atoms with Crippen molar-refractivity contribution in [3.05, 3.63) is 24.3 Å². The molecular weight excluding hydrogens is 230 g/mol. The van der Waals surface area contributed by atoms with Crippen LogP contribution in [-0.2, 0) is 11.3 Å². The third kappa shape index (κ3) is 3.77. The highest BCUT2D eigenvalue weighted by Gasteiger charge is 2.25. The molecule has 0 atom stereocenters. The second kappa shape index (κ2) is 6.44. The number of nitrogens with zero attached hydrogens (tertiary/aromatic N) is 2. The first-order chi connectivity index (χ1) is 8.75. The molecule has 5 heteroatoms. The largest absolute Gasteiger partial charge is 0.481 e. The summed E-state index contributed by atoms with van der Waals surface area (Å²) < 4.78 is 0. The molecule has 0 aromatic carbocycles. The van der Waals surface area contributed by atoms with Crippen LogP contribution in [-0.4, -0.2) is 27.6 Å². The van der Waals surface area contributed by atoms with Gasteiger partial charge in [-0.05, 0) is 44.2 Å². The van der Waals surface area contributed by atoms with Gasteiger partial charge >= 0.3 is 5.97 Å². The van der Waals surface area contributed by atoms with Crippen molar-refractivity contribution >= 4 is 5.97 Å². The molecule has 18 heavy (non-hydrogen) atoms. The molecule has 1 aromatic heterocycles. The van der Waals surface area contributed by atoms with Crippen molar-refractivity contribution in [1.29, 1.82) is 0 Å². The van der Waals surface area contributed by atoms with E-state index in [4.69, 9.17) is 5.11 Å². The number of hydrogen-bond acceptors (Lipinski definition) is 4. The molecule has 0 aliphatic heterocycles. The van der Waals surface area contributed by atoms with Gasteiger partial charge in [0.15, 0.2) is 0 Å². The number of aliphatic carboxylic acids is 1. The smallest absolute Gasteiger partial charge is 0.306 e. The molecule has 0 radical (unpaired) electrons. The highest BCUT2D eigenvalue weighted by Crippen LogP contribution is 2.28. The van der Waals surface area contributed by atoms with Gasteiger partial charge in [-0.2, -0.15) is 0 Å². The van der Waals surface area contributed by atoms with E-state index in [1.54, 1.807) is 18.5 Å². The first kappa shape index (κ1) is 13.0. The van der Waals surface area contributed by atoms with E-state index in [0.29, 0.717) is 12.5 Å². The molecule has 0 unspecified atom stereocenters. The van der Waals surface area contributed by atoms with Crippen LogP contribution in [0.2, 0.25) is 0 Å². The molecule has 0 bridgehead atoms. The average molecular weight is 249 g/mol. The SMILES string of the molecule is O=C(O)C1CCC(CNCc2ncccn2)CC1. The average Bonchev–Trinajstić information content (AvgIpc) is 2.40. The molecule has 2 rings (SSSR count). The van der Waals surface area contributed by atoms with Gasteiger partial charge in [0.2, 0.25) is 0 Å². The minimum Gasteiger partial charge on any atom is -0.481 e. The van der Waals surface area contributed by atoms with Crippen LogP contribution in [0.4, 0.5) is 0 Å². The van der Waals surface area contributed by atoms with Crippen molar-refractivity contribution in [2.24, 2.45) is 11.8 Å². The van der Waals surface area contributed by atoms with Gasteiger partial charge in [-0.15, -0.1) is 0 Å². The predicted molar refractivity (Wildman–Crippen MR) is 66.8 cm³/mol. The molecule has 2 N–H and O–H groups in total. The Hall–Kier alpha value is -1.49. The number of hydrogen-bond donors (Lipinski definition) is 2. The third-order valence-electron chi connectivity index (χ3n) is 3.53. The zero-order valence-corrected chi connectivity index (χ0v) is 10.4. The molecule has 0 amide bonds. The number of rotatable bonds is 5. The monoisotopic (exact) mass is 249 g/mol. The molecule has 5 nitrogen and oxygen atoms in total. The standard InChI is InChI=1S/C13H19N3O2/c17-13(18)11-4-2-10(3-5-11)8-14-9-12-15-6-1-7-16-12/h1,6-7,10-11,14H,2-5,8-9H2,(H,17,18). The van der Waals surface area contributed by atoms with Gasteiger partial charge in [0.1, 0.15) is 5.82 Å². The zero-order valence-electron chi connectivity index (χ0n) is 10.4. The molecule has 0 saturated heterocycles. The van der Waals surface area contributed by atoms with Crippen LogP contribution >= 0.6 is 0 Å². The highest BCUT2D eigenvalue weighted by molar-refractivity contribution is 5.69. The summed E-state index contributed by atoms with van der Waals surface area (Å²) in [4.78, 5) is 19.1. The Bertz CT molecular complexity index is 375. The van der Waals surface area contributed by atoms with E-state index in [1.807, 2.05) is 0 Å². The Morgan fingerprint density at radius 2 is 1.94 bits per heavy atom. The Morgan fingerprint density at radius 3 is 2.56 bits per heavy atom. The summed E-state index contributed by atoms with van der Waals surface area (Å²) in [6.07, 6.45) is 7.09. The molecule has 1 aliphatic rings. The maximum atomic E-state index is 10.8. The second-order valence-electron chi connectivity index (χ2n) is 4.85. The normalized spacial score (nSPS) is 23.8. The van der Waals surface area contributed by atoms with Crippen LogP contribution in [0.25, 0.3) is 0 Å². The fourth-order valence-electron chi connectivity index (χ4n) is 2.42. The van der Waals surface area contributed by atoms with Crippen LogP contribution in [0.1, 0.15) is 31.5 Å². The van der Waals surface area contributed by atoms with Gasteiger partial charge in [-0.3, -0.25) is 4.79 Å². The van der Waals surface area contributed by atoms with Crippen molar-refractivity contribution in [1.82, 2.24) is 15.3 Å². The van der Waals surface area contributed by atoms with E-state index in [1.165, 1.54) is 0 Å². The molecule has 1 aliphatic carbocycles. The summed E-state index contributed by atoms with van der Waals surface area (Å²) in [6, 6.07) is 1.80. The predicted octanol–water partition coefficient (Wildman–Crippen LogP) is 1.46. The lowest BCUT2D eigenvalue weighted by molar-refractivity contribution is -0.143. The lowest BCUT2D eigenvalue weighted by Gasteiger charge is -2.26. The maximum absolute atomic E-state index is 10.8. The topological polar surface area (TPSA) is 75.1 Å². The second-order valence-corrected chi connectivity index (χ2v) is 4.85. The van der Waals surface area contributed by atoms with E-state index in [-0.39, 0.29) is 5.92 Å².